The molecule has 0 spiro atoms. The van der Waals surface area contributed by atoms with Crippen molar-refractivity contribution in [3.8, 4) is 0 Å². The van der Waals surface area contributed by atoms with Crippen LogP contribution < -0.4 is 5.32 Å². The molecule has 0 radical (unpaired) electrons. The molecule has 0 aliphatic carbocycles. The zero-order chi connectivity index (χ0) is 12.3. The Labute approximate surface area is 109 Å². The van der Waals surface area contributed by atoms with Crippen molar-refractivity contribution in [3.63, 3.8) is 0 Å². The summed E-state index contributed by atoms with van der Waals surface area (Å²) in [5, 5.41) is 12.6. The van der Waals surface area contributed by atoms with Gasteiger partial charge in [0.15, 0.2) is 5.16 Å². The summed E-state index contributed by atoms with van der Waals surface area (Å²) in [5.41, 5.74) is 1.16. The first-order valence-corrected chi connectivity index (χ1v) is 6.35. The first-order valence-electron chi connectivity index (χ1n) is 5.16. The number of hydrogen-bond acceptors (Lipinski definition) is 4. The Kier molecular flexibility index (Phi) is 4.04. The van der Waals surface area contributed by atoms with Crippen LogP contribution in [0.5, 0.6) is 0 Å². The molecule has 4 nitrogen and oxygen atoms in total. The molecule has 0 aliphatic heterocycles. The van der Waals surface area contributed by atoms with Gasteiger partial charge in [-0.05, 0) is 30.4 Å². The lowest BCUT2D eigenvalue weighted by molar-refractivity contribution is 0.782. The van der Waals surface area contributed by atoms with Gasteiger partial charge in [0.1, 0.15) is 6.33 Å². The van der Waals surface area contributed by atoms with Gasteiger partial charge in [0.2, 0.25) is 0 Å². The van der Waals surface area contributed by atoms with Crippen molar-refractivity contribution in [1.29, 1.82) is 0 Å². The number of aromatic nitrogens is 3. The molecule has 0 saturated carbocycles. The normalized spacial score (nSPS) is 10.8. The van der Waals surface area contributed by atoms with Crippen molar-refractivity contribution < 1.29 is 0 Å². The predicted octanol–water partition coefficient (Wildman–Crippen LogP) is 2.34. The fourth-order valence-electron chi connectivity index (χ4n) is 1.45. The third-order valence-electron chi connectivity index (χ3n) is 2.28. The molecular weight excluding hydrogens is 256 g/mol. The summed E-state index contributed by atoms with van der Waals surface area (Å²) in [6.07, 6.45) is 1.68. The van der Waals surface area contributed by atoms with Crippen LogP contribution in [0.3, 0.4) is 0 Å². The van der Waals surface area contributed by atoms with E-state index in [1.54, 1.807) is 6.33 Å². The molecule has 0 amide bonds. The second-order valence-electron chi connectivity index (χ2n) is 3.58. The van der Waals surface area contributed by atoms with Crippen LogP contribution in [0.15, 0.2) is 34.6 Å². The van der Waals surface area contributed by atoms with E-state index in [-0.39, 0.29) is 0 Å². The summed E-state index contributed by atoms with van der Waals surface area (Å²) in [6.45, 7) is 0.779. The highest BCUT2D eigenvalue weighted by atomic mass is 35.5. The maximum Gasteiger partial charge on any atom is 0.195 e. The predicted molar refractivity (Wildman–Crippen MR) is 69.3 cm³/mol. The van der Waals surface area contributed by atoms with Crippen molar-refractivity contribution in [2.45, 2.75) is 16.6 Å². The Hall–Kier alpha value is -1.04. The Balaban J connectivity index is 2.34. The van der Waals surface area contributed by atoms with E-state index in [2.05, 4.69) is 21.6 Å². The molecule has 0 aliphatic rings. The van der Waals surface area contributed by atoms with Gasteiger partial charge in [-0.15, -0.1) is 10.2 Å². The van der Waals surface area contributed by atoms with Gasteiger partial charge in [-0.25, -0.2) is 0 Å². The number of rotatable bonds is 4. The summed E-state index contributed by atoms with van der Waals surface area (Å²) >= 11 is 7.76. The monoisotopic (exact) mass is 268 g/mol. The van der Waals surface area contributed by atoms with E-state index in [1.165, 1.54) is 11.8 Å². The molecule has 1 aromatic heterocycles. The lowest BCUT2D eigenvalue weighted by Crippen LogP contribution is -2.06. The minimum Gasteiger partial charge on any atom is -0.316 e. The number of halogens is 1. The van der Waals surface area contributed by atoms with E-state index in [4.69, 9.17) is 11.6 Å². The molecule has 17 heavy (non-hydrogen) atoms. The van der Waals surface area contributed by atoms with Crippen LogP contribution in [0.25, 0.3) is 0 Å². The Bertz CT molecular complexity index is 512. The van der Waals surface area contributed by atoms with Gasteiger partial charge in [0, 0.05) is 18.5 Å². The zero-order valence-corrected chi connectivity index (χ0v) is 11.2. The van der Waals surface area contributed by atoms with Crippen LogP contribution in [0.2, 0.25) is 5.02 Å². The lowest BCUT2D eigenvalue weighted by atomic mass is 10.2. The highest BCUT2D eigenvalue weighted by Gasteiger charge is 2.11. The molecule has 0 atom stereocenters. The number of nitrogens with zero attached hydrogens (tertiary/aromatic N) is 3. The average Bonchev–Trinajstić information content (AvgIpc) is 2.70. The highest BCUT2D eigenvalue weighted by molar-refractivity contribution is 7.99. The Morgan fingerprint density at radius 3 is 2.94 bits per heavy atom. The minimum absolute atomic E-state index is 0.741. The largest absolute Gasteiger partial charge is 0.316 e. The molecule has 6 heteroatoms. The molecule has 2 aromatic rings. The molecule has 90 valence electrons. The van der Waals surface area contributed by atoms with Gasteiger partial charge in [0.25, 0.3) is 0 Å². The molecule has 2 rings (SSSR count). The first kappa shape index (κ1) is 12.4. The van der Waals surface area contributed by atoms with Crippen LogP contribution in [0.1, 0.15) is 5.56 Å². The Morgan fingerprint density at radius 1 is 1.47 bits per heavy atom. The Morgan fingerprint density at radius 2 is 2.29 bits per heavy atom. The van der Waals surface area contributed by atoms with E-state index in [0.29, 0.717) is 0 Å². The zero-order valence-electron chi connectivity index (χ0n) is 9.64. The van der Waals surface area contributed by atoms with Crippen LogP contribution >= 0.6 is 23.4 Å². The second kappa shape index (κ2) is 5.53. The van der Waals surface area contributed by atoms with Crippen molar-refractivity contribution in [3.05, 3.63) is 35.1 Å². The molecule has 0 saturated heterocycles. The summed E-state index contributed by atoms with van der Waals surface area (Å²) in [6, 6.07) is 5.90. The molecule has 0 unspecified atom stereocenters. The van der Waals surface area contributed by atoms with E-state index >= 15 is 0 Å². The van der Waals surface area contributed by atoms with Gasteiger partial charge in [-0.2, -0.15) is 0 Å². The van der Waals surface area contributed by atoms with Crippen LogP contribution in [0.4, 0.5) is 0 Å². The van der Waals surface area contributed by atoms with Crippen molar-refractivity contribution >= 4 is 23.4 Å². The van der Waals surface area contributed by atoms with E-state index < -0.39 is 0 Å². The van der Waals surface area contributed by atoms with Crippen LogP contribution in [-0.4, -0.2) is 21.8 Å². The lowest BCUT2D eigenvalue weighted by Gasteiger charge is -2.09. The van der Waals surface area contributed by atoms with Crippen molar-refractivity contribution in [1.82, 2.24) is 20.1 Å². The fourth-order valence-corrected chi connectivity index (χ4v) is 2.66. The summed E-state index contributed by atoms with van der Waals surface area (Å²) in [5.74, 6) is 0. The van der Waals surface area contributed by atoms with Crippen molar-refractivity contribution in [2.24, 2.45) is 7.05 Å². The van der Waals surface area contributed by atoms with Crippen LogP contribution in [-0.2, 0) is 13.6 Å². The number of nitrogens with one attached hydrogen (secondary N) is 1. The van der Waals surface area contributed by atoms with E-state index in [0.717, 1.165) is 27.2 Å². The summed E-state index contributed by atoms with van der Waals surface area (Å²) < 4.78 is 1.87. The summed E-state index contributed by atoms with van der Waals surface area (Å²) in [7, 11) is 3.83. The smallest absolute Gasteiger partial charge is 0.195 e. The SMILES string of the molecule is CNCc1cccc(Cl)c1Sc1nncn1C. The van der Waals surface area contributed by atoms with Crippen LogP contribution in [0, 0.1) is 0 Å². The quantitative estimate of drug-likeness (QED) is 0.924. The molecule has 1 N–H and O–H groups in total. The van der Waals surface area contributed by atoms with Gasteiger partial charge in [-0.3, -0.25) is 0 Å². The maximum absolute atomic E-state index is 6.23. The second-order valence-corrected chi connectivity index (χ2v) is 4.97. The van der Waals surface area contributed by atoms with E-state index in [1.807, 2.05) is 30.8 Å². The maximum atomic E-state index is 6.23. The molecule has 0 bridgehead atoms. The van der Waals surface area contributed by atoms with Gasteiger partial charge in [-0.1, -0.05) is 23.7 Å². The molecule has 0 fully saturated rings. The third kappa shape index (κ3) is 2.80. The van der Waals surface area contributed by atoms with Crippen molar-refractivity contribution in [2.75, 3.05) is 7.05 Å². The summed E-state index contributed by atoms with van der Waals surface area (Å²) in [4.78, 5) is 1.03. The highest BCUT2D eigenvalue weighted by Crippen LogP contribution is 2.34. The standard InChI is InChI=1S/C11H13ClN4S/c1-13-6-8-4-3-5-9(12)10(8)17-11-15-14-7-16(11)2/h3-5,7,13H,6H2,1-2H3. The number of hydrogen-bond donors (Lipinski definition) is 1. The van der Waals surface area contributed by atoms with Gasteiger partial charge >= 0.3 is 0 Å². The van der Waals surface area contributed by atoms with Gasteiger partial charge < -0.3 is 9.88 Å². The van der Waals surface area contributed by atoms with E-state index in [9.17, 15) is 0 Å². The molecule has 1 aromatic carbocycles. The minimum atomic E-state index is 0.741. The third-order valence-corrected chi connectivity index (χ3v) is 3.94. The topological polar surface area (TPSA) is 42.7 Å². The number of benzene rings is 1. The number of aryl methyl sites for hydroxylation is 1. The average molecular weight is 269 g/mol. The molecule has 1 heterocycles. The first-order chi connectivity index (χ1) is 8.22. The fraction of sp³-hybridized carbons (Fsp3) is 0.273. The van der Waals surface area contributed by atoms with Gasteiger partial charge in [0.05, 0.1) is 5.02 Å². The molecular formula is C11H13ClN4S.